The molecule has 0 amide bonds. The van der Waals surface area contributed by atoms with E-state index in [0.29, 0.717) is 47.7 Å². The lowest BCUT2D eigenvalue weighted by Gasteiger charge is -2.23. The van der Waals surface area contributed by atoms with E-state index in [2.05, 4.69) is 20.9 Å². The van der Waals surface area contributed by atoms with Crippen molar-refractivity contribution in [3.63, 3.8) is 0 Å². The minimum absolute atomic E-state index is 0.0183. The fraction of sp³-hybridized carbons (Fsp3) is 0.207. The van der Waals surface area contributed by atoms with Gasteiger partial charge in [0.15, 0.2) is 16.3 Å². The van der Waals surface area contributed by atoms with E-state index < -0.39 is 12.0 Å². The van der Waals surface area contributed by atoms with Crippen LogP contribution in [0.2, 0.25) is 0 Å². The predicted octanol–water partition coefficient (Wildman–Crippen LogP) is 5.35. The molecule has 0 fully saturated rings. The molecule has 40 heavy (non-hydrogen) atoms. The average Bonchev–Trinajstić information content (AvgIpc) is 3.56. The van der Waals surface area contributed by atoms with Crippen LogP contribution in [0.25, 0.3) is 6.08 Å². The second-order valence-corrected chi connectivity index (χ2v) is 11.6. The van der Waals surface area contributed by atoms with Crippen molar-refractivity contribution in [1.82, 2.24) is 4.57 Å². The van der Waals surface area contributed by atoms with Gasteiger partial charge >= 0.3 is 5.97 Å². The van der Waals surface area contributed by atoms with Crippen LogP contribution < -0.4 is 24.4 Å². The van der Waals surface area contributed by atoms with Gasteiger partial charge in [0.2, 0.25) is 0 Å². The number of methoxy groups -OCH3 is 1. The molecule has 4 aromatic rings. The van der Waals surface area contributed by atoms with E-state index in [1.165, 1.54) is 35.8 Å². The van der Waals surface area contributed by atoms with Gasteiger partial charge in [0, 0.05) is 10.4 Å². The zero-order valence-corrected chi connectivity index (χ0v) is 25.0. The Hall–Kier alpha value is -3.54. The molecule has 0 bridgehead atoms. The van der Waals surface area contributed by atoms with Gasteiger partial charge in [-0.05, 0) is 71.1 Å². The lowest BCUT2D eigenvalue weighted by molar-refractivity contribution is -0.139. The first-order valence-electron chi connectivity index (χ1n) is 12.3. The molecule has 0 aliphatic carbocycles. The maximum absolute atomic E-state index is 14.1. The maximum atomic E-state index is 14.1. The highest BCUT2D eigenvalue weighted by Gasteiger charge is 2.33. The van der Waals surface area contributed by atoms with Crippen LogP contribution in [0.4, 0.5) is 4.39 Å². The Kier molecular flexibility index (Phi) is 8.34. The molecule has 1 aliphatic heterocycles. The molecule has 1 aliphatic rings. The number of allylic oxidation sites excluding steroid dienone is 1. The number of nitrogens with zero attached hydrogens (tertiary/aromatic N) is 2. The van der Waals surface area contributed by atoms with Crippen LogP contribution in [0, 0.1) is 5.82 Å². The van der Waals surface area contributed by atoms with E-state index >= 15 is 0 Å². The first-order chi connectivity index (χ1) is 19.3. The smallest absolute Gasteiger partial charge is 0.338 e. The van der Waals surface area contributed by atoms with Gasteiger partial charge in [0.25, 0.3) is 5.56 Å². The Morgan fingerprint density at radius 3 is 2.73 bits per heavy atom. The van der Waals surface area contributed by atoms with Crippen LogP contribution >= 0.6 is 38.6 Å². The molecule has 11 heteroatoms. The standard InChI is InChI=1S/C29H24BrFN2O5S2/c1-4-37-28(35)24-16(2)32-29-33(25(24)22-10-7-11-39-22)27(34)23(40-29)14-17-12-19(30)26(21(13-17)36-3)38-15-18-8-5-6-9-20(18)31/h5-14,25H,4,15H2,1-3H3/b23-14-/t25-/m0/s1. The highest BCUT2D eigenvalue weighted by Crippen LogP contribution is 2.38. The van der Waals surface area contributed by atoms with Gasteiger partial charge in [-0.1, -0.05) is 35.6 Å². The van der Waals surface area contributed by atoms with E-state index in [1.54, 1.807) is 54.8 Å². The number of rotatable bonds is 8. The molecule has 0 unspecified atom stereocenters. The van der Waals surface area contributed by atoms with Crippen LogP contribution in [0.3, 0.4) is 0 Å². The van der Waals surface area contributed by atoms with Gasteiger partial charge in [-0.2, -0.15) is 0 Å². The van der Waals surface area contributed by atoms with Crippen molar-refractivity contribution in [2.45, 2.75) is 26.5 Å². The molecule has 206 valence electrons. The molecule has 5 rings (SSSR count). The number of carbonyl (C=O) groups excluding carboxylic acids is 1. The number of hydrogen-bond donors (Lipinski definition) is 0. The summed E-state index contributed by atoms with van der Waals surface area (Å²) < 4.78 is 33.4. The van der Waals surface area contributed by atoms with Crippen molar-refractivity contribution in [3.05, 3.63) is 111 Å². The van der Waals surface area contributed by atoms with Crippen molar-refractivity contribution in [3.8, 4) is 11.5 Å². The van der Waals surface area contributed by atoms with Gasteiger partial charge in [-0.15, -0.1) is 11.3 Å². The molecular weight excluding hydrogens is 619 g/mol. The van der Waals surface area contributed by atoms with E-state index in [1.807, 2.05) is 17.5 Å². The maximum Gasteiger partial charge on any atom is 0.338 e. The molecule has 3 heterocycles. The van der Waals surface area contributed by atoms with Crippen molar-refractivity contribution in [2.75, 3.05) is 13.7 Å². The first kappa shape index (κ1) is 28.0. The number of halogens is 2. The Balaban J connectivity index is 1.56. The van der Waals surface area contributed by atoms with E-state index in [-0.39, 0.29) is 24.6 Å². The molecule has 7 nitrogen and oxygen atoms in total. The number of benzene rings is 2. The van der Waals surface area contributed by atoms with Gasteiger partial charge < -0.3 is 14.2 Å². The van der Waals surface area contributed by atoms with Gasteiger partial charge in [0.05, 0.1) is 34.0 Å². The summed E-state index contributed by atoms with van der Waals surface area (Å²) in [7, 11) is 1.51. The lowest BCUT2D eigenvalue weighted by atomic mass is 10.0. The molecule has 0 spiro atoms. The van der Waals surface area contributed by atoms with E-state index in [4.69, 9.17) is 14.2 Å². The van der Waals surface area contributed by atoms with E-state index in [9.17, 15) is 14.0 Å². The zero-order chi connectivity index (χ0) is 28.4. The summed E-state index contributed by atoms with van der Waals surface area (Å²) in [6, 6.07) is 13.1. The normalized spacial score (nSPS) is 15.0. The third-order valence-corrected chi connectivity index (χ3v) is 8.71. The third-order valence-electron chi connectivity index (χ3n) is 6.21. The second kappa shape index (κ2) is 11.9. The Labute approximate surface area is 245 Å². The summed E-state index contributed by atoms with van der Waals surface area (Å²) in [5.74, 6) is -0.0127. The van der Waals surface area contributed by atoms with E-state index in [0.717, 1.165) is 4.88 Å². The van der Waals surface area contributed by atoms with Crippen LogP contribution in [0.15, 0.2) is 79.4 Å². The average molecular weight is 644 g/mol. The predicted molar refractivity (Wildman–Crippen MR) is 156 cm³/mol. The number of thiazole rings is 1. The largest absolute Gasteiger partial charge is 0.493 e. The Bertz CT molecular complexity index is 1790. The summed E-state index contributed by atoms with van der Waals surface area (Å²) in [4.78, 5) is 32.6. The molecule has 0 saturated carbocycles. The first-order valence-corrected chi connectivity index (χ1v) is 14.8. The lowest BCUT2D eigenvalue weighted by Crippen LogP contribution is -2.39. The monoisotopic (exact) mass is 642 g/mol. The topological polar surface area (TPSA) is 79.1 Å². The molecule has 0 N–H and O–H groups in total. The molecule has 0 saturated heterocycles. The fourth-order valence-corrected chi connectivity index (χ4v) is 6.83. The number of hydrogen-bond acceptors (Lipinski definition) is 8. The number of aromatic nitrogens is 1. The summed E-state index contributed by atoms with van der Waals surface area (Å²) in [6.07, 6.45) is 1.74. The molecule has 2 aromatic heterocycles. The molecule has 1 atom stereocenters. The van der Waals surface area contributed by atoms with Gasteiger partial charge in [-0.25, -0.2) is 14.2 Å². The van der Waals surface area contributed by atoms with Crippen molar-refractivity contribution in [1.29, 1.82) is 0 Å². The number of ether oxygens (including phenoxy) is 3. The van der Waals surface area contributed by atoms with Gasteiger partial charge in [-0.3, -0.25) is 9.36 Å². The second-order valence-electron chi connectivity index (χ2n) is 8.73. The minimum Gasteiger partial charge on any atom is -0.493 e. The number of esters is 1. The third kappa shape index (κ3) is 5.41. The highest BCUT2D eigenvalue weighted by atomic mass is 79.9. The number of thiophene rings is 1. The van der Waals surface area contributed by atoms with Crippen LogP contribution in [-0.4, -0.2) is 24.3 Å². The summed E-state index contributed by atoms with van der Waals surface area (Å²) in [6.45, 7) is 3.73. The van der Waals surface area contributed by atoms with Crippen molar-refractivity contribution >= 4 is 50.6 Å². The SMILES string of the molecule is CCOC(=O)C1=C(C)N=c2s/c(=C\c3cc(Br)c(OCc4ccccc4F)c(OC)c3)c(=O)n2[C@H]1c1cccs1. The number of fused-ring (bicyclic) bond motifs is 1. The van der Waals surface area contributed by atoms with Crippen LogP contribution in [0.1, 0.15) is 35.9 Å². The number of carbonyl (C=O) groups is 1. The summed E-state index contributed by atoms with van der Waals surface area (Å²) in [5, 5.41) is 1.91. The minimum atomic E-state index is -0.632. The quantitative estimate of drug-likeness (QED) is 0.242. The van der Waals surface area contributed by atoms with Crippen molar-refractivity contribution in [2.24, 2.45) is 4.99 Å². The Morgan fingerprint density at radius 2 is 2.02 bits per heavy atom. The van der Waals surface area contributed by atoms with Gasteiger partial charge in [0.1, 0.15) is 18.5 Å². The zero-order valence-electron chi connectivity index (χ0n) is 21.8. The Morgan fingerprint density at radius 1 is 1.23 bits per heavy atom. The van der Waals surface area contributed by atoms with Crippen LogP contribution in [-0.2, 0) is 16.1 Å². The summed E-state index contributed by atoms with van der Waals surface area (Å²) in [5.41, 5.74) is 1.70. The highest BCUT2D eigenvalue weighted by molar-refractivity contribution is 9.10. The van der Waals surface area contributed by atoms with Crippen LogP contribution in [0.5, 0.6) is 11.5 Å². The molecule has 2 aromatic carbocycles. The molecular formula is C29H24BrFN2O5S2. The fourth-order valence-electron chi connectivity index (χ4n) is 4.39. The molecule has 0 radical (unpaired) electrons. The van der Waals surface area contributed by atoms with Crippen molar-refractivity contribution < 1.29 is 23.4 Å². The summed E-state index contributed by atoms with van der Waals surface area (Å²) >= 11 is 6.23.